The molecule has 26 heavy (non-hydrogen) atoms. The van der Waals surface area contributed by atoms with Gasteiger partial charge in [-0.25, -0.2) is 4.79 Å². The van der Waals surface area contributed by atoms with Crippen molar-refractivity contribution < 1.29 is 24.0 Å². The Labute approximate surface area is 148 Å². The molecule has 0 heterocycles. The lowest BCUT2D eigenvalue weighted by Crippen LogP contribution is -2.21. The van der Waals surface area contributed by atoms with Gasteiger partial charge >= 0.3 is 5.97 Å². The van der Waals surface area contributed by atoms with Crippen LogP contribution < -0.4 is 10.6 Å². The molecular weight excluding hydrogens is 342 g/mol. The van der Waals surface area contributed by atoms with Gasteiger partial charge in [-0.05, 0) is 24.3 Å². The van der Waals surface area contributed by atoms with Crippen LogP contribution in [0.25, 0.3) is 0 Å². The molecule has 0 saturated heterocycles. The van der Waals surface area contributed by atoms with Crippen molar-refractivity contribution in [3.05, 3.63) is 64.2 Å². The zero-order chi connectivity index (χ0) is 19.1. The number of anilines is 2. The van der Waals surface area contributed by atoms with Gasteiger partial charge in [0.15, 0.2) is 6.61 Å². The van der Waals surface area contributed by atoms with Crippen molar-refractivity contribution in [3.63, 3.8) is 0 Å². The van der Waals surface area contributed by atoms with E-state index in [0.29, 0.717) is 11.4 Å². The van der Waals surface area contributed by atoms with Crippen molar-refractivity contribution in [3.8, 4) is 0 Å². The lowest BCUT2D eigenvalue weighted by Gasteiger charge is -2.08. The van der Waals surface area contributed by atoms with E-state index >= 15 is 0 Å². The van der Waals surface area contributed by atoms with Crippen LogP contribution in [0.4, 0.5) is 17.1 Å². The summed E-state index contributed by atoms with van der Waals surface area (Å²) in [6.07, 6.45) is 0. The molecule has 0 radical (unpaired) electrons. The second-order valence-electron chi connectivity index (χ2n) is 5.16. The number of benzene rings is 2. The number of rotatable bonds is 6. The van der Waals surface area contributed by atoms with Gasteiger partial charge < -0.3 is 15.4 Å². The van der Waals surface area contributed by atoms with Crippen LogP contribution >= 0.6 is 0 Å². The first-order valence-electron chi connectivity index (χ1n) is 7.45. The van der Waals surface area contributed by atoms with E-state index in [2.05, 4.69) is 10.6 Å². The molecule has 0 bridgehead atoms. The fraction of sp³-hybridized carbons (Fsp3) is 0.118. The summed E-state index contributed by atoms with van der Waals surface area (Å²) in [5.74, 6) is -1.86. The molecule has 0 saturated carbocycles. The average Bonchev–Trinajstić information content (AvgIpc) is 2.59. The molecule has 0 unspecified atom stereocenters. The normalized spacial score (nSPS) is 9.88. The molecule has 0 aliphatic rings. The Kier molecular flexibility index (Phi) is 5.99. The Bertz CT molecular complexity index is 865. The molecule has 134 valence electrons. The third-order valence-corrected chi connectivity index (χ3v) is 3.12. The number of amides is 2. The first kappa shape index (κ1) is 18.6. The van der Waals surface area contributed by atoms with E-state index in [4.69, 9.17) is 4.74 Å². The molecule has 0 aliphatic heterocycles. The summed E-state index contributed by atoms with van der Waals surface area (Å²) in [5, 5.41) is 16.0. The molecule has 2 N–H and O–H groups in total. The van der Waals surface area contributed by atoms with E-state index in [1.807, 2.05) is 0 Å². The van der Waals surface area contributed by atoms with E-state index in [9.17, 15) is 24.5 Å². The summed E-state index contributed by atoms with van der Waals surface area (Å²) in [5.41, 5.74) is 0.245. The molecule has 2 aromatic rings. The highest BCUT2D eigenvalue weighted by molar-refractivity contribution is 5.98. The van der Waals surface area contributed by atoms with Crippen LogP contribution in [0.2, 0.25) is 0 Å². The van der Waals surface area contributed by atoms with Crippen LogP contribution in [0.15, 0.2) is 48.5 Å². The third-order valence-electron chi connectivity index (χ3n) is 3.12. The number of nitro benzene ring substituents is 1. The van der Waals surface area contributed by atoms with Gasteiger partial charge in [-0.15, -0.1) is 0 Å². The number of hydrogen-bond acceptors (Lipinski definition) is 6. The summed E-state index contributed by atoms with van der Waals surface area (Å²) in [6, 6.07) is 11.7. The van der Waals surface area contributed by atoms with E-state index in [1.165, 1.54) is 37.3 Å². The smallest absolute Gasteiger partial charge is 0.345 e. The van der Waals surface area contributed by atoms with Crippen molar-refractivity contribution in [2.75, 3.05) is 17.2 Å². The van der Waals surface area contributed by atoms with Gasteiger partial charge in [-0.1, -0.05) is 18.2 Å². The van der Waals surface area contributed by atoms with Gasteiger partial charge in [0.2, 0.25) is 5.91 Å². The predicted octanol–water partition coefficient (Wildman–Crippen LogP) is 2.35. The number of carbonyl (C=O) groups is 3. The molecule has 2 aromatic carbocycles. The monoisotopic (exact) mass is 357 g/mol. The van der Waals surface area contributed by atoms with Gasteiger partial charge in [0.05, 0.1) is 4.92 Å². The number of nitrogens with one attached hydrogen (secondary N) is 2. The topological polar surface area (TPSA) is 128 Å². The number of ether oxygens (including phenoxy) is 1. The number of nitrogens with zero attached hydrogens (tertiary/aromatic N) is 1. The van der Waals surface area contributed by atoms with Crippen LogP contribution in [-0.2, 0) is 14.3 Å². The van der Waals surface area contributed by atoms with E-state index < -0.39 is 29.1 Å². The number of nitro groups is 1. The maximum Gasteiger partial charge on any atom is 0.345 e. The van der Waals surface area contributed by atoms with Crippen LogP contribution in [0.5, 0.6) is 0 Å². The van der Waals surface area contributed by atoms with Gasteiger partial charge in [-0.2, -0.15) is 0 Å². The highest BCUT2D eigenvalue weighted by Gasteiger charge is 2.21. The highest BCUT2D eigenvalue weighted by atomic mass is 16.6. The van der Waals surface area contributed by atoms with Gasteiger partial charge in [0.25, 0.3) is 11.6 Å². The van der Waals surface area contributed by atoms with Crippen LogP contribution in [0, 0.1) is 10.1 Å². The Morgan fingerprint density at radius 3 is 2.35 bits per heavy atom. The lowest BCUT2D eigenvalue weighted by molar-refractivity contribution is -0.385. The number of para-hydroxylation sites is 1. The Hall–Kier alpha value is -3.75. The molecule has 0 aromatic heterocycles. The number of carbonyl (C=O) groups excluding carboxylic acids is 3. The zero-order valence-corrected chi connectivity index (χ0v) is 13.7. The molecule has 2 rings (SSSR count). The van der Waals surface area contributed by atoms with E-state index in [0.717, 1.165) is 0 Å². The first-order chi connectivity index (χ1) is 12.4. The van der Waals surface area contributed by atoms with Gasteiger partial charge in [-0.3, -0.25) is 19.7 Å². The molecule has 0 spiro atoms. The Balaban J connectivity index is 1.96. The van der Waals surface area contributed by atoms with Gasteiger partial charge in [0, 0.05) is 24.4 Å². The Morgan fingerprint density at radius 2 is 1.69 bits per heavy atom. The van der Waals surface area contributed by atoms with Crippen molar-refractivity contribution in [2.45, 2.75) is 6.92 Å². The predicted molar refractivity (Wildman–Crippen MR) is 92.8 cm³/mol. The largest absolute Gasteiger partial charge is 0.452 e. The number of hydrogen-bond donors (Lipinski definition) is 2. The quantitative estimate of drug-likeness (QED) is 0.464. The summed E-state index contributed by atoms with van der Waals surface area (Å²) < 4.78 is 4.82. The standard InChI is InChI=1S/C17H15N3O6/c1-11(21)18-12-5-4-6-13(9-12)19-16(22)10-26-17(23)14-7-2-3-8-15(14)20(24)25/h2-9H,10H2,1H3,(H,18,21)(H,19,22). The SMILES string of the molecule is CC(=O)Nc1cccc(NC(=O)COC(=O)c2ccccc2[N+](=O)[O-])c1. The minimum absolute atomic E-state index is 0.238. The minimum atomic E-state index is -0.973. The van der Waals surface area contributed by atoms with Crippen LogP contribution in [-0.4, -0.2) is 29.3 Å². The fourth-order valence-corrected chi connectivity index (χ4v) is 2.09. The molecule has 0 fully saturated rings. The lowest BCUT2D eigenvalue weighted by atomic mass is 10.2. The summed E-state index contributed by atoms with van der Waals surface area (Å²) in [4.78, 5) is 45.1. The molecule has 0 aliphatic carbocycles. The summed E-state index contributed by atoms with van der Waals surface area (Å²) in [7, 11) is 0. The van der Waals surface area contributed by atoms with Gasteiger partial charge in [0.1, 0.15) is 5.56 Å². The maximum absolute atomic E-state index is 11.9. The van der Waals surface area contributed by atoms with Crippen molar-refractivity contribution in [1.82, 2.24) is 0 Å². The van der Waals surface area contributed by atoms with Crippen molar-refractivity contribution in [2.24, 2.45) is 0 Å². The average molecular weight is 357 g/mol. The summed E-state index contributed by atoms with van der Waals surface area (Å²) >= 11 is 0. The third kappa shape index (κ3) is 5.13. The maximum atomic E-state index is 11.9. The Morgan fingerprint density at radius 1 is 1.04 bits per heavy atom. The zero-order valence-electron chi connectivity index (χ0n) is 13.7. The molecular formula is C17H15N3O6. The second-order valence-corrected chi connectivity index (χ2v) is 5.16. The van der Waals surface area contributed by atoms with Crippen LogP contribution in [0.3, 0.4) is 0 Å². The first-order valence-corrected chi connectivity index (χ1v) is 7.45. The van der Waals surface area contributed by atoms with E-state index in [-0.39, 0.29) is 11.5 Å². The fourth-order valence-electron chi connectivity index (χ4n) is 2.09. The van der Waals surface area contributed by atoms with E-state index in [1.54, 1.807) is 18.2 Å². The minimum Gasteiger partial charge on any atom is -0.452 e. The van der Waals surface area contributed by atoms with Crippen molar-refractivity contribution in [1.29, 1.82) is 0 Å². The molecule has 9 heteroatoms. The summed E-state index contributed by atoms with van der Waals surface area (Å²) in [6.45, 7) is 0.739. The molecule has 2 amide bonds. The highest BCUT2D eigenvalue weighted by Crippen LogP contribution is 2.19. The van der Waals surface area contributed by atoms with Crippen LogP contribution in [0.1, 0.15) is 17.3 Å². The number of esters is 1. The molecule has 0 atom stereocenters. The van der Waals surface area contributed by atoms with Crippen molar-refractivity contribution >= 4 is 34.8 Å². The second kappa shape index (κ2) is 8.38. The molecule has 9 nitrogen and oxygen atoms in total.